The third-order valence-electron chi connectivity index (χ3n) is 5.47. The number of rotatable bonds is 3. The summed E-state index contributed by atoms with van der Waals surface area (Å²) in [5, 5.41) is 4.46. The Morgan fingerprint density at radius 2 is 2.12 bits per heavy atom. The van der Waals surface area contributed by atoms with Crippen molar-refractivity contribution in [2.24, 2.45) is 11.0 Å². The number of nitrogens with zero attached hydrogens (tertiary/aromatic N) is 1. The van der Waals surface area contributed by atoms with E-state index < -0.39 is 0 Å². The average Bonchev–Trinajstić information content (AvgIpc) is 3.09. The van der Waals surface area contributed by atoms with Crippen LogP contribution in [-0.2, 0) is 19.3 Å². The molecule has 130 valence electrons. The van der Waals surface area contributed by atoms with Gasteiger partial charge in [-0.15, -0.1) is 11.3 Å². The lowest BCUT2D eigenvalue weighted by Crippen LogP contribution is -2.21. The van der Waals surface area contributed by atoms with E-state index in [-0.39, 0.29) is 5.91 Å². The Balaban J connectivity index is 1.49. The predicted molar refractivity (Wildman–Crippen MR) is 104 cm³/mol. The maximum absolute atomic E-state index is 12.6. The molecule has 3 nitrogen and oxygen atoms in total. The molecule has 0 fully saturated rings. The molecule has 2 aromatic rings. The van der Waals surface area contributed by atoms with Gasteiger partial charge in [0.1, 0.15) is 0 Å². The van der Waals surface area contributed by atoms with Gasteiger partial charge in [0, 0.05) is 10.4 Å². The van der Waals surface area contributed by atoms with Crippen LogP contribution in [0.5, 0.6) is 0 Å². The normalized spacial score (nSPS) is 20.8. The molecule has 0 aliphatic heterocycles. The number of benzene rings is 1. The third-order valence-corrected chi connectivity index (χ3v) is 6.70. The zero-order valence-electron chi connectivity index (χ0n) is 14.7. The number of hydrogen-bond acceptors (Lipinski definition) is 3. The molecule has 2 aliphatic rings. The van der Waals surface area contributed by atoms with Crippen LogP contribution >= 0.6 is 11.3 Å². The van der Waals surface area contributed by atoms with Crippen LogP contribution in [0, 0.1) is 5.92 Å². The third kappa shape index (κ3) is 3.40. The van der Waals surface area contributed by atoms with E-state index in [1.165, 1.54) is 34.4 Å². The maximum Gasteiger partial charge on any atom is 0.281 e. The monoisotopic (exact) mass is 352 g/mol. The van der Waals surface area contributed by atoms with Gasteiger partial charge in [0.25, 0.3) is 5.91 Å². The first-order valence-corrected chi connectivity index (χ1v) is 10.1. The van der Waals surface area contributed by atoms with Crippen LogP contribution in [0.1, 0.15) is 63.8 Å². The molecule has 1 N–H and O–H groups in total. The Labute approximate surface area is 153 Å². The minimum Gasteiger partial charge on any atom is -0.266 e. The van der Waals surface area contributed by atoms with Gasteiger partial charge in [0.15, 0.2) is 0 Å². The lowest BCUT2D eigenvalue weighted by Gasteiger charge is -2.19. The second-order valence-electron chi connectivity index (χ2n) is 7.09. The van der Waals surface area contributed by atoms with Gasteiger partial charge in [-0.05, 0) is 61.6 Å². The quantitative estimate of drug-likeness (QED) is 0.797. The molecule has 1 amide bonds. The van der Waals surface area contributed by atoms with Crippen molar-refractivity contribution in [1.82, 2.24) is 5.43 Å². The second-order valence-corrected chi connectivity index (χ2v) is 8.22. The predicted octanol–water partition coefficient (Wildman–Crippen LogP) is 4.73. The van der Waals surface area contributed by atoms with Crippen LogP contribution < -0.4 is 5.43 Å². The summed E-state index contributed by atoms with van der Waals surface area (Å²) in [7, 11) is 0. The van der Waals surface area contributed by atoms with E-state index in [1.54, 1.807) is 11.3 Å². The van der Waals surface area contributed by atoms with Crippen molar-refractivity contribution in [3.63, 3.8) is 0 Å². The lowest BCUT2D eigenvalue weighted by atomic mass is 9.87. The largest absolute Gasteiger partial charge is 0.281 e. The molecular weight excluding hydrogens is 328 g/mol. The fourth-order valence-electron chi connectivity index (χ4n) is 3.95. The van der Waals surface area contributed by atoms with Crippen molar-refractivity contribution >= 4 is 23.0 Å². The number of carbonyl (C=O) groups excluding carboxylic acids is 1. The van der Waals surface area contributed by atoms with Crippen molar-refractivity contribution in [2.45, 2.75) is 51.9 Å². The van der Waals surface area contributed by atoms with Crippen LogP contribution in [0.25, 0.3) is 0 Å². The summed E-state index contributed by atoms with van der Waals surface area (Å²) in [5.74, 6) is 0.708. The summed E-state index contributed by atoms with van der Waals surface area (Å²) in [6.45, 7) is 2.26. The van der Waals surface area contributed by atoms with Gasteiger partial charge in [0.05, 0.1) is 10.6 Å². The Kier molecular flexibility index (Phi) is 4.71. The van der Waals surface area contributed by atoms with Crippen molar-refractivity contribution < 1.29 is 4.79 Å². The Bertz CT molecular complexity index is 821. The first-order valence-electron chi connectivity index (χ1n) is 9.31. The van der Waals surface area contributed by atoms with Gasteiger partial charge in [-0.3, -0.25) is 4.79 Å². The van der Waals surface area contributed by atoms with Crippen molar-refractivity contribution in [2.75, 3.05) is 0 Å². The molecule has 1 aromatic heterocycles. The Morgan fingerprint density at radius 3 is 3.00 bits per heavy atom. The maximum atomic E-state index is 12.6. The molecule has 4 heteroatoms. The van der Waals surface area contributed by atoms with E-state index in [9.17, 15) is 4.79 Å². The summed E-state index contributed by atoms with van der Waals surface area (Å²) in [6, 6.07) is 10.5. The smallest absolute Gasteiger partial charge is 0.266 e. The molecule has 1 heterocycles. The van der Waals surface area contributed by atoms with Gasteiger partial charge in [-0.2, -0.15) is 5.10 Å². The number of aryl methyl sites for hydroxylation is 2. The SMILES string of the molecule is CC[C@H]1CCc2sc(C(=O)N/N=C3/CCCc4ccccc43)cc2C1. The summed E-state index contributed by atoms with van der Waals surface area (Å²) in [6.07, 6.45) is 7.84. The van der Waals surface area contributed by atoms with Crippen LogP contribution in [0.4, 0.5) is 0 Å². The highest BCUT2D eigenvalue weighted by molar-refractivity contribution is 7.14. The molecule has 2 aliphatic carbocycles. The van der Waals surface area contributed by atoms with E-state index >= 15 is 0 Å². The molecule has 0 radical (unpaired) electrons. The highest BCUT2D eigenvalue weighted by Gasteiger charge is 2.22. The molecule has 4 rings (SSSR count). The zero-order chi connectivity index (χ0) is 17.2. The number of amides is 1. The molecule has 0 bridgehead atoms. The van der Waals surface area contributed by atoms with Gasteiger partial charge in [-0.25, -0.2) is 5.43 Å². The van der Waals surface area contributed by atoms with E-state index in [0.29, 0.717) is 0 Å². The van der Waals surface area contributed by atoms with Crippen molar-refractivity contribution in [1.29, 1.82) is 0 Å². The van der Waals surface area contributed by atoms with Gasteiger partial charge in [0.2, 0.25) is 0 Å². The first-order chi connectivity index (χ1) is 12.2. The highest BCUT2D eigenvalue weighted by atomic mass is 32.1. The molecule has 1 aromatic carbocycles. The van der Waals surface area contributed by atoms with Gasteiger partial charge >= 0.3 is 0 Å². The standard InChI is InChI=1S/C21H24N2OS/c1-2-14-10-11-19-16(12-14)13-20(25-19)21(24)23-22-18-9-5-7-15-6-3-4-8-17(15)18/h3-4,6,8,13-14H,2,5,7,9-12H2,1H3,(H,23,24)/b22-18-/t14-/m0/s1. The molecular formula is C21H24N2OS. The van der Waals surface area contributed by atoms with Crippen molar-refractivity contribution in [3.8, 4) is 0 Å². The molecule has 0 saturated carbocycles. The van der Waals surface area contributed by atoms with Crippen molar-refractivity contribution in [3.05, 3.63) is 56.8 Å². The number of hydrogen-bond donors (Lipinski definition) is 1. The molecule has 0 unspecified atom stereocenters. The highest BCUT2D eigenvalue weighted by Crippen LogP contribution is 2.33. The summed E-state index contributed by atoms with van der Waals surface area (Å²) >= 11 is 1.65. The average molecular weight is 353 g/mol. The molecule has 0 saturated heterocycles. The molecule has 1 atom stereocenters. The fourth-order valence-corrected chi connectivity index (χ4v) is 5.05. The summed E-state index contributed by atoms with van der Waals surface area (Å²) in [5.41, 5.74) is 7.70. The van der Waals surface area contributed by atoms with Gasteiger partial charge in [-0.1, -0.05) is 37.6 Å². The fraction of sp³-hybridized carbons (Fsp3) is 0.429. The van der Waals surface area contributed by atoms with Crippen LogP contribution in [0.2, 0.25) is 0 Å². The van der Waals surface area contributed by atoms with Crippen LogP contribution in [0.15, 0.2) is 35.4 Å². The Morgan fingerprint density at radius 1 is 1.24 bits per heavy atom. The topological polar surface area (TPSA) is 41.5 Å². The molecule has 25 heavy (non-hydrogen) atoms. The number of carbonyl (C=O) groups is 1. The minimum atomic E-state index is -0.0667. The summed E-state index contributed by atoms with van der Waals surface area (Å²) in [4.78, 5) is 14.8. The number of nitrogens with one attached hydrogen (secondary N) is 1. The number of hydrazone groups is 1. The first kappa shape index (κ1) is 16.5. The van der Waals surface area contributed by atoms with E-state index in [2.05, 4.69) is 41.7 Å². The van der Waals surface area contributed by atoms with E-state index in [1.807, 2.05) is 6.07 Å². The summed E-state index contributed by atoms with van der Waals surface area (Å²) < 4.78 is 0. The van der Waals surface area contributed by atoms with E-state index in [4.69, 9.17) is 0 Å². The number of fused-ring (bicyclic) bond motifs is 2. The number of thiophene rings is 1. The lowest BCUT2D eigenvalue weighted by molar-refractivity contribution is 0.0958. The minimum absolute atomic E-state index is 0.0667. The molecule has 0 spiro atoms. The second kappa shape index (κ2) is 7.12. The van der Waals surface area contributed by atoms with Gasteiger partial charge < -0.3 is 0 Å². The zero-order valence-corrected chi connectivity index (χ0v) is 15.5. The van der Waals surface area contributed by atoms with Crippen LogP contribution in [0.3, 0.4) is 0 Å². The van der Waals surface area contributed by atoms with E-state index in [0.717, 1.165) is 48.6 Å². The van der Waals surface area contributed by atoms with Crippen LogP contribution in [-0.4, -0.2) is 11.6 Å². The Hall–Kier alpha value is -1.94.